The van der Waals surface area contributed by atoms with Gasteiger partial charge < -0.3 is 25.0 Å². The van der Waals surface area contributed by atoms with Crippen LogP contribution in [0.3, 0.4) is 0 Å². The van der Waals surface area contributed by atoms with Crippen LogP contribution in [-0.2, 0) is 9.53 Å². The molecule has 1 atom stereocenters. The molecule has 0 unspecified atom stereocenters. The Labute approximate surface area is 223 Å². The van der Waals surface area contributed by atoms with Crippen LogP contribution in [0.5, 0.6) is 11.5 Å². The summed E-state index contributed by atoms with van der Waals surface area (Å²) in [6.07, 6.45) is 3.69. The van der Waals surface area contributed by atoms with Gasteiger partial charge in [0.2, 0.25) is 0 Å². The second-order valence-corrected chi connectivity index (χ2v) is 11.6. The number of rotatable bonds is 6. The van der Waals surface area contributed by atoms with E-state index in [1.807, 2.05) is 0 Å². The summed E-state index contributed by atoms with van der Waals surface area (Å²) < 4.78 is 26.8. The first-order valence-corrected chi connectivity index (χ1v) is 13.3. The van der Waals surface area contributed by atoms with Crippen LogP contribution in [0.2, 0.25) is 0 Å². The Bertz CT molecular complexity index is 1400. The molecule has 38 heavy (non-hydrogen) atoms. The predicted octanol–water partition coefficient (Wildman–Crippen LogP) is 5.32. The lowest BCUT2D eigenvalue weighted by Crippen LogP contribution is -2.32. The molecule has 0 bridgehead atoms. The number of pyridine rings is 1. The lowest BCUT2D eigenvalue weighted by molar-refractivity contribution is -0.157. The average molecular weight is 541 g/mol. The summed E-state index contributed by atoms with van der Waals surface area (Å²) in [6, 6.07) is 7.31. The van der Waals surface area contributed by atoms with E-state index >= 15 is 0 Å². The number of esters is 1. The number of nitrogens with one attached hydrogen (secondary N) is 2. The van der Waals surface area contributed by atoms with Crippen molar-refractivity contribution in [3.63, 3.8) is 0 Å². The zero-order valence-electron chi connectivity index (χ0n) is 21.4. The Morgan fingerprint density at radius 1 is 1.11 bits per heavy atom. The highest BCUT2D eigenvalue weighted by Crippen LogP contribution is 2.37. The van der Waals surface area contributed by atoms with Crippen LogP contribution in [0.4, 0.5) is 14.9 Å². The number of hydrogen-bond donors (Lipinski definition) is 2. The number of benzene rings is 1. The lowest BCUT2D eigenvalue weighted by Gasteiger charge is -2.21. The molecule has 1 saturated heterocycles. The third-order valence-electron chi connectivity index (χ3n) is 6.23. The van der Waals surface area contributed by atoms with Crippen LogP contribution in [-0.4, -0.2) is 53.0 Å². The molecule has 1 aromatic carbocycles. The highest BCUT2D eigenvalue weighted by Gasteiger charge is 2.33. The number of carbonyl (C=O) groups is 3. The van der Waals surface area contributed by atoms with Crippen molar-refractivity contribution in [2.45, 2.75) is 52.2 Å². The maximum Gasteiger partial charge on any atom is 0.319 e. The molecule has 3 amide bonds. The molecule has 5 rings (SSSR count). The monoisotopic (exact) mass is 540 g/mol. The zero-order valence-corrected chi connectivity index (χ0v) is 22.2. The van der Waals surface area contributed by atoms with Gasteiger partial charge in [-0.1, -0.05) is 0 Å². The number of likely N-dealkylation sites (tertiary alicyclic amines) is 1. The molecule has 2 aliphatic rings. The van der Waals surface area contributed by atoms with Crippen molar-refractivity contribution < 1.29 is 28.2 Å². The van der Waals surface area contributed by atoms with E-state index in [0.29, 0.717) is 46.0 Å². The standard InChI is InChI=1S/C27H29FN4O5S/c1-27(2,3)25(34)36-17-9-11-32(14-17)24(33)22-13-19-23(38-22)21(8-10-29-19)37-20-7-6-16(12-18(20)28)31-26(35)30-15-4-5-15/h6-8,10,12-13,15,17H,4-5,9,11,14H2,1-3H3,(H2,30,31,35)/t17-/m0/s1. The van der Waals surface area contributed by atoms with Gasteiger partial charge in [0.15, 0.2) is 11.6 Å². The topological polar surface area (TPSA) is 110 Å². The minimum atomic E-state index is -0.639. The first-order valence-electron chi connectivity index (χ1n) is 12.5. The van der Waals surface area contributed by atoms with E-state index in [1.54, 1.807) is 43.9 Å². The SMILES string of the molecule is CC(C)(C)C(=O)O[C@H]1CCN(C(=O)c2cc3nccc(Oc4ccc(NC(=O)NC5CC5)cc4F)c3s2)C1. The number of halogens is 1. The van der Waals surface area contributed by atoms with Crippen molar-refractivity contribution in [3.8, 4) is 11.5 Å². The number of aromatic nitrogens is 1. The molecular weight excluding hydrogens is 511 g/mol. The Balaban J connectivity index is 1.27. The van der Waals surface area contributed by atoms with Crippen molar-refractivity contribution in [3.05, 3.63) is 47.2 Å². The molecule has 2 fully saturated rings. The molecule has 2 aromatic heterocycles. The molecule has 0 spiro atoms. The van der Waals surface area contributed by atoms with Gasteiger partial charge in [-0.2, -0.15) is 0 Å². The number of ether oxygens (including phenoxy) is 2. The maximum absolute atomic E-state index is 14.8. The van der Waals surface area contributed by atoms with Crippen LogP contribution in [0.1, 0.15) is 49.7 Å². The summed E-state index contributed by atoms with van der Waals surface area (Å²) >= 11 is 1.21. The van der Waals surface area contributed by atoms with Crippen molar-refractivity contribution in [2.75, 3.05) is 18.4 Å². The van der Waals surface area contributed by atoms with E-state index in [2.05, 4.69) is 15.6 Å². The quantitative estimate of drug-likeness (QED) is 0.410. The highest BCUT2D eigenvalue weighted by molar-refractivity contribution is 7.21. The van der Waals surface area contributed by atoms with Crippen molar-refractivity contribution >= 4 is 45.1 Å². The first kappa shape index (κ1) is 25.9. The third-order valence-corrected chi connectivity index (χ3v) is 7.35. The molecule has 1 aliphatic carbocycles. The number of hydrogen-bond acceptors (Lipinski definition) is 7. The van der Waals surface area contributed by atoms with E-state index in [4.69, 9.17) is 9.47 Å². The highest BCUT2D eigenvalue weighted by atomic mass is 32.1. The fourth-order valence-corrected chi connectivity index (χ4v) is 4.99. The predicted molar refractivity (Wildman–Crippen MR) is 141 cm³/mol. The Morgan fingerprint density at radius 2 is 1.89 bits per heavy atom. The molecule has 3 heterocycles. The third kappa shape index (κ3) is 5.88. The van der Waals surface area contributed by atoms with E-state index in [1.165, 1.54) is 29.7 Å². The number of nitrogens with zero attached hydrogens (tertiary/aromatic N) is 2. The van der Waals surface area contributed by atoms with E-state index < -0.39 is 11.2 Å². The fourth-order valence-electron chi connectivity index (χ4n) is 3.95. The molecule has 3 aromatic rings. The summed E-state index contributed by atoms with van der Waals surface area (Å²) in [4.78, 5) is 43.8. The normalized spacial score (nSPS) is 17.4. The smallest absolute Gasteiger partial charge is 0.319 e. The number of carbonyl (C=O) groups excluding carboxylic acids is 3. The number of anilines is 1. The minimum absolute atomic E-state index is 0.0185. The fraction of sp³-hybridized carbons (Fsp3) is 0.407. The summed E-state index contributed by atoms with van der Waals surface area (Å²) in [5.74, 6) is -0.764. The van der Waals surface area contributed by atoms with E-state index in [9.17, 15) is 18.8 Å². The summed E-state index contributed by atoms with van der Waals surface area (Å²) in [7, 11) is 0. The Kier molecular flexibility index (Phi) is 6.95. The average Bonchev–Trinajstić information content (AvgIpc) is 3.36. The van der Waals surface area contributed by atoms with Gasteiger partial charge in [0, 0.05) is 43.0 Å². The van der Waals surface area contributed by atoms with Crippen molar-refractivity contribution in [1.29, 1.82) is 0 Å². The summed E-state index contributed by atoms with van der Waals surface area (Å²) in [5, 5.41) is 5.40. The van der Waals surface area contributed by atoms with E-state index in [-0.39, 0.29) is 35.8 Å². The summed E-state index contributed by atoms with van der Waals surface area (Å²) in [5.41, 5.74) is 0.265. The minimum Gasteiger partial charge on any atom is -0.460 e. The molecule has 200 valence electrons. The van der Waals surface area contributed by atoms with Gasteiger partial charge in [0.1, 0.15) is 11.9 Å². The van der Waals surface area contributed by atoms with Crippen LogP contribution >= 0.6 is 11.3 Å². The maximum atomic E-state index is 14.8. The van der Waals surface area contributed by atoms with Gasteiger partial charge in [0.25, 0.3) is 5.91 Å². The van der Waals surface area contributed by atoms with Gasteiger partial charge >= 0.3 is 12.0 Å². The van der Waals surface area contributed by atoms with Crippen molar-refractivity contribution in [2.24, 2.45) is 5.41 Å². The molecular formula is C27H29FN4O5S. The first-order chi connectivity index (χ1) is 18.1. The molecule has 0 radical (unpaired) electrons. The molecule has 1 saturated carbocycles. The van der Waals surface area contributed by atoms with Crippen LogP contribution in [0.25, 0.3) is 10.2 Å². The Hall–Kier alpha value is -3.73. The zero-order chi connectivity index (χ0) is 27.0. The van der Waals surface area contributed by atoms with Crippen LogP contribution in [0, 0.1) is 11.2 Å². The lowest BCUT2D eigenvalue weighted by atomic mass is 9.97. The number of urea groups is 1. The van der Waals surface area contributed by atoms with Crippen molar-refractivity contribution in [1.82, 2.24) is 15.2 Å². The van der Waals surface area contributed by atoms with Crippen LogP contribution < -0.4 is 15.4 Å². The van der Waals surface area contributed by atoms with Gasteiger partial charge in [-0.3, -0.25) is 14.6 Å². The number of thiophene rings is 1. The van der Waals surface area contributed by atoms with Gasteiger partial charge in [-0.25, -0.2) is 9.18 Å². The number of amides is 3. The van der Waals surface area contributed by atoms with Gasteiger partial charge in [-0.05, 0) is 51.8 Å². The summed E-state index contributed by atoms with van der Waals surface area (Å²) in [6.45, 7) is 6.19. The number of fused-ring (bicyclic) bond motifs is 1. The molecule has 9 nitrogen and oxygen atoms in total. The van der Waals surface area contributed by atoms with Gasteiger partial charge in [0.05, 0.1) is 27.1 Å². The molecule has 11 heteroatoms. The van der Waals surface area contributed by atoms with Gasteiger partial charge in [-0.15, -0.1) is 11.3 Å². The molecule has 2 N–H and O–H groups in total. The second kappa shape index (κ2) is 10.2. The van der Waals surface area contributed by atoms with E-state index in [0.717, 1.165) is 12.8 Å². The molecule has 1 aliphatic heterocycles. The Morgan fingerprint density at radius 3 is 2.61 bits per heavy atom. The van der Waals surface area contributed by atoms with Crippen LogP contribution in [0.15, 0.2) is 36.5 Å². The largest absolute Gasteiger partial charge is 0.460 e. The second-order valence-electron chi connectivity index (χ2n) is 10.6.